The molecule has 35 heteroatoms. The number of methoxy groups -OCH3 is 1. The van der Waals surface area contributed by atoms with Crippen LogP contribution in [-0.4, -0.2) is 137 Å². The van der Waals surface area contributed by atoms with E-state index >= 15 is 0 Å². The smallest absolute Gasteiger partial charge is 0.416 e. The third-order valence-electron chi connectivity index (χ3n) is 13.3. The van der Waals surface area contributed by atoms with Gasteiger partial charge in [0.05, 0.1) is 86.3 Å². The Morgan fingerprint density at radius 3 is 2.02 bits per heavy atom. The van der Waals surface area contributed by atoms with Crippen molar-refractivity contribution in [2.24, 2.45) is 0 Å². The number of carboxylic acid groups (broad SMARTS) is 2. The van der Waals surface area contributed by atoms with E-state index in [1.54, 1.807) is 16.9 Å². The van der Waals surface area contributed by atoms with Gasteiger partial charge in [0.2, 0.25) is 5.91 Å². The number of benzene rings is 5. The van der Waals surface area contributed by atoms with Gasteiger partial charge in [-0.25, -0.2) is 18.0 Å². The lowest BCUT2D eigenvalue weighted by Gasteiger charge is -2.35. The number of carbonyl (C=O) groups excluding carboxylic acids is 4. The van der Waals surface area contributed by atoms with Crippen LogP contribution in [0.2, 0.25) is 10.0 Å². The van der Waals surface area contributed by atoms with Crippen LogP contribution in [0, 0.1) is 6.92 Å². The molecule has 22 nitrogen and oxygen atoms in total. The fraction of sp³-hybridized carbons (Fsp3) is 0.361. The van der Waals surface area contributed by atoms with Gasteiger partial charge < -0.3 is 53.3 Å². The molecule has 2 aliphatic rings. The first kappa shape index (κ1) is 81.4. The number of aryl methyl sites for hydroxylation is 2. The van der Waals surface area contributed by atoms with Gasteiger partial charge in [-0.05, 0) is 125 Å². The van der Waals surface area contributed by atoms with Crippen molar-refractivity contribution in [1.29, 1.82) is 0 Å². The SMILES string of the molecule is CC1COc2ccccc2N1C(=O)C(Cl)Cl.CCc1cccc(C)c1N(C(=O)CCl)C(C)COC.CS(=O)(=O)c1cc(C(F)(F)F)ccc1C(=O)c1cnoc1C1CC1.C[C@H](OC(=O)c1cc(Oc2ccc(C(F)(F)F)cc2Cl)ccc1Cl)C(=O)O.O=C(O)CNCP(=O)(O)O. The first-order valence-corrected chi connectivity index (χ1v) is 34.0. The summed E-state index contributed by atoms with van der Waals surface area (Å²) < 4.78 is 136. The Morgan fingerprint density at radius 2 is 1.48 bits per heavy atom. The standard InChI is InChI=1S/C17H11Cl2F3O5.C15H22ClNO2.C15H12F3NO4S.C11H11Cl2NO2.C3H8NO5P/c1-8(15(23)24)26-16(25)11-7-10(3-4-12(11)18)27-14-5-2-9(6-13(14)19)17(20,21)22;1-5-13-8-6-7-11(2)15(13)17(14(18)9-16)12(3)10-19-4;1-24(21,22)12-6-9(15(16,17)18)4-5-10(12)13(20)11-7-19-23-14(11)8-2-3-8;1-7-6-16-9-5-3-2-4-8(9)14(7)11(15)10(12)13;5-3(6)1-4-2-10(7,8)9/h2-8H,1H3,(H,23,24);6-8,12H,5,9-10H2,1-4H3;4-8H,2-3H2,1H3;2-5,7,10H,6H2,1H3;4H,1-2H2,(H,5,6)(H2,7,8,9)/t8-;;;;/m0..../s1. The zero-order chi connectivity index (χ0) is 72.4. The molecule has 6 aromatic rings. The van der Waals surface area contributed by atoms with Crippen molar-refractivity contribution >= 4 is 122 Å². The van der Waals surface area contributed by atoms with Gasteiger partial charge in [-0.1, -0.05) is 88.8 Å². The molecule has 1 fully saturated rings. The predicted octanol–water partition coefficient (Wildman–Crippen LogP) is 13.2. The number of halogens is 11. The van der Waals surface area contributed by atoms with E-state index < -0.39 is 93.3 Å². The number of carboxylic acids is 2. The molecule has 2 unspecified atom stereocenters. The van der Waals surface area contributed by atoms with Crippen LogP contribution in [0.1, 0.15) is 101 Å². The predicted molar refractivity (Wildman–Crippen MR) is 344 cm³/mol. The molecule has 1 aliphatic carbocycles. The topological polar surface area (TPSA) is 316 Å². The highest BCUT2D eigenvalue weighted by Gasteiger charge is 2.37. The summed E-state index contributed by atoms with van der Waals surface area (Å²) in [7, 11) is -6.50. The van der Waals surface area contributed by atoms with Crippen LogP contribution in [0.15, 0.2) is 113 Å². The number of alkyl halides is 9. The van der Waals surface area contributed by atoms with Crippen molar-refractivity contribution in [2.45, 2.75) is 100 Å². The highest BCUT2D eigenvalue weighted by Crippen LogP contribution is 2.43. The lowest BCUT2D eigenvalue weighted by Crippen LogP contribution is -2.47. The summed E-state index contributed by atoms with van der Waals surface area (Å²) in [5, 5.41) is 22.1. The van der Waals surface area contributed by atoms with Gasteiger partial charge in [0.15, 0.2) is 32.3 Å². The minimum Gasteiger partial charge on any atom is -0.489 e. The van der Waals surface area contributed by atoms with Crippen LogP contribution >= 0.6 is 65.6 Å². The van der Waals surface area contributed by atoms with Crippen molar-refractivity contribution < 1.29 is 112 Å². The maximum Gasteiger partial charge on any atom is 0.416 e. The van der Waals surface area contributed by atoms with Gasteiger partial charge in [0.25, 0.3) is 5.91 Å². The van der Waals surface area contributed by atoms with E-state index in [1.807, 2.05) is 57.2 Å². The maximum atomic E-state index is 12.8. The minimum absolute atomic E-state index is 0.0223. The fourth-order valence-electron chi connectivity index (χ4n) is 8.65. The summed E-state index contributed by atoms with van der Waals surface area (Å²) >= 11 is 28.7. The Balaban J connectivity index is 0.000000264. The van der Waals surface area contributed by atoms with Crippen LogP contribution in [0.4, 0.5) is 37.7 Å². The molecule has 3 atom stereocenters. The van der Waals surface area contributed by atoms with E-state index in [0.717, 1.165) is 79.2 Å². The molecule has 1 aromatic heterocycles. The van der Waals surface area contributed by atoms with Crippen LogP contribution in [0.3, 0.4) is 0 Å². The number of nitrogens with zero attached hydrogens (tertiary/aromatic N) is 3. The van der Waals surface area contributed by atoms with Crippen molar-refractivity contribution in [3.05, 3.63) is 158 Å². The van der Waals surface area contributed by atoms with Crippen LogP contribution in [-0.2, 0) is 61.8 Å². The summed E-state index contributed by atoms with van der Waals surface area (Å²) in [6.07, 6.45) is -6.82. The summed E-state index contributed by atoms with van der Waals surface area (Å²) in [5.74, 6) is -3.60. The van der Waals surface area contributed by atoms with E-state index in [-0.39, 0.29) is 73.9 Å². The summed E-state index contributed by atoms with van der Waals surface area (Å²) in [6, 6.07) is 21.7. The van der Waals surface area contributed by atoms with Crippen LogP contribution in [0.25, 0.3) is 0 Å². The second-order valence-corrected chi connectivity index (χ2v) is 26.7. The Labute approximate surface area is 571 Å². The first-order valence-electron chi connectivity index (χ1n) is 28.1. The van der Waals surface area contributed by atoms with E-state index in [1.165, 1.54) is 18.3 Å². The monoisotopic (exact) mass is 1490 g/mol. The number of sulfone groups is 1. The lowest BCUT2D eigenvalue weighted by molar-refractivity contribution is -0.146. The highest BCUT2D eigenvalue weighted by atomic mass is 35.5. The molecule has 0 bridgehead atoms. The molecule has 1 aliphatic heterocycles. The first-order chi connectivity index (χ1) is 44.7. The highest BCUT2D eigenvalue weighted by molar-refractivity contribution is 7.90. The molecule has 524 valence electrons. The molecule has 2 amide bonds. The number of aliphatic carboxylic acids is 2. The molecular formula is C61H64Cl5F6N4O18PS. The second kappa shape index (κ2) is 36.0. The number of rotatable bonds is 20. The second-order valence-electron chi connectivity index (χ2n) is 20.9. The number of amides is 2. The van der Waals surface area contributed by atoms with Crippen molar-refractivity contribution in [2.75, 3.05) is 55.1 Å². The van der Waals surface area contributed by atoms with E-state index in [0.29, 0.717) is 42.9 Å². The zero-order valence-corrected chi connectivity index (χ0v) is 57.2. The van der Waals surface area contributed by atoms with Gasteiger partial charge in [-0.2, -0.15) is 26.3 Å². The summed E-state index contributed by atoms with van der Waals surface area (Å²) in [5.41, 5.74) is 1.44. The molecule has 0 radical (unpaired) electrons. The molecular weight excluding hydrogens is 1430 g/mol. The van der Waals surface area contributed by atoms with Crippen molar-refractivity contribution in [3.63, 3.8) is 0 Å². The number of ether oxygens (including phenoxy) is 4. The summed E-state index contributed by atoms with van der Waals surface area (Å²) in [6.45, 7) is 9.62. The number of carbonyl (C=O) groups is 6. The zero-order valence-electron chi connectivity index (χ0n) is 51.7. The molecule has 8 rings (SSSR count). The number of esters is 1. The van der Waals surface area contributed by atoms with Crippen molar-refractivity contribution in [1.82, 2.24) is 10.5 Å². The van der Waals surface area contributed by atoms with Gasteiger partial charge >= 0.3 is 37.9 Å². The Morgan fingerprint density at radius 1 is 0.854 bits per heavy atom. The number of anilines is 2. The van der Waals surface area contributed by atoms with E-state index in [2.05, 4.69) is 23.5 Å². The number of para-hydroxylation sites is 3. The minimum atomic E-state index is -4.71. The Kier molecular flexibility index (Phi) is 30.5. The maximum absolute atomic E-state index is 12.8. The number of aromatic nitrogens is 1. The number of nitrogens with one attached hydrogen (secondary N) is 1. The third kappa shape index (κ3) is 24.2. The molecule has 96 heavy (non-hydrogen) atoms. The fourth-order valence-corrected chi connectivity index (χ4v) is 10.7. The summed E-state index contributed by atoms with van der Waals surface area (Å²) in [4.78, 5) is 87.3. The molecule has 0 spiro atoms. The quantitative estimate of drug-likeness (QED) is 0.0156. The normalized spacial score (nSPS) is 14.2. The lowest BCUT2D eigenvalue weighted by atomic mass is 10.0. The Bertz CT molecular complexity index is 3900. The molecule has 2 heterocycles. The number of hydrogen-bond acceptors (Lipinski definition) is 16. The average Bonchev–Trinajstić information content (AvgIpc) is 1.23. The van der Waals surface area contributed by atoms with E-state index in [4.69, 9.17) is 101 Å². The van der Waals surface area contributed by atoms with Crippen LogP contribution < -0.4 is 24.6 Å². The number of ketones is 1. The van der Waals surface area contributed by atoms with Gasteiger partial charge in [0, 0.05) is 24.8 Å². The molecule has 5 aromatic carbocycles. The number of fused-ring (bicyclic) bond motifs is 1. The average molecular weight is 1500 g/mol. The third-order valence-corrected chi connectivity index (χ3v) is 16.3. The van der Waals surface area contributed by atoms with Gasteiger partial charge in [-0.15, -0.1) is 11.6 Å². The van der Waals surface area contributed by atoms with Crippen molar-refractivity contribution in [3.8, 4) is 17.2 Å². The molecule has 1 saturated carbocycles. The van der Waals surface area contributed by atoms with Gasteiger partial charge in [-0.3, -0.25) is 29.1 Å². The molecule has 0 saturated heterocycles. The molecule has 5 N–H and O–H groups in total. The Hall–Kier alpha value is -7.02. The largest absolute Gasteiger partial charge is 0.489 e. The number of hydrogen-bond donors (Lipinski definition) is 5. The van der Waals surface area contributed by atoms with Gasteiger partial charge in [0.1, 0.15) is 29.7 Å². The van der Waals surface area contributed by atoms with E-state index in [9.17, 15) is 68.1 Å². The van der Waals surface area contributed by atoms with Crippen LogP contribution in [0.5, 0.6) is 17.2 Å².